The van der Waals surface area contributed by atoms with E-state index in [9.17, 15) is 0 Å². The lowest BCUT2D eigenvalue weighted by Crippen LogP contribution is -2.29. The van der Waals surface area contributed by atoms with Crippen molar-refractivity contribution in [1.82, 2.24) is 15.1 Å². The molecule has 1 aromatic heterocycles. The summed E-state index contributed by atoms with van der Waals surface area (Å²) in [5.74, 6) is 0. The van der Waals surface area contributed by atoms with Crippen LogP contribution in [0.2, 0.25) is 0 Å². The van der Waals surface area contributed by atoms with Gasteiger partial charge in [-0.15, -0.1) is 0 Å². The summed E-state index contributed by atoms with van der Waals surface area (Å²) in [4.78, 5) is 0. The van der Waals surface area contributed by atoms with Crippen LogP contribution in [0.25, 0.3) is 0 Å². The molecule has 0 saturated carbocycles. The van der Waals surface area contributed by atoms with Gasteiger partial charge in [0.15, 0.2) is 0 Å². The molecule has 0 spiro atoms. The standard InChI is InChI=1S/C12H23N3/c1-6-9(2)13-7-8-15-12(5)10(3)11(4)14-15/h9,13H,6-8H2,1-5H3. The Morgan fingerprint density at radius 3 is 2.47 bits per heavy atom. The third kappa shape index (κ3) is 3.06. The predicted molar refractivity (Wildman–Crippen MR) is 64.2 cm³/mol. The highest BCUT2D eigenvalue weighted by Gasteiger charge is 2.06. The van der Waals surface area contributed by atoms with Crippen molar-refractivity contribution >= 4 is 0 Å². The Balaban J connectivity index is 2.47. The maximum absolute atomic E-state index is 4.51. The van der Waals surface area contributed by atoms with Crippen molar-refractivity contribution in [1.29, 1.82) is 0 Å². The minimum atomic E-state index is 0.600. The monoisotopic (exact) mass is 209 g/mol. The quantitative estimate of drug-likeness (QED) is 0.805. The van der Waals surface area contributed by atoms with Crippen LogP contribution in [-0.2, 0) is 6.54 Å². The van der Waals surface area contributed by atoms with Crippen LogP contribution >= 0.6 is 0 Å². The number of aromatic nitrogens is 2. The molecule has 0 amide bonds. The molecule has 0 radical (unpaired) electrons. The average molecular weight is 209 g/mol. The van der Waals surface area contributed by atoms with Crippen molar-refractivity contribution in [3.8, 4) is 0 Å². The van der Waals surface area contributed by atoms with E-state index in [4.69, 9.17) is 0 Å². The zero-order valence-electron chi connectivity index (χ0n) is 10.6. The third-order valence-corrected chi connectivity index (χ3v) is 3.17. The van der Waals surface area contributed by atoms with Gasteiger partial charge in [-0.2, -0.15) is 5.10 Å². The summed E-state index contributed by atoms with van der Waals surface area (Å²) in [5.41, 5.74) is 3.76. The second kappa shape index (κ2) is 5.31. The van der Waals surface area contributed by atoms with Crippen LogP contribution in [0.1, 0.15) is 37.2 Å². The van der Waals surface area contributed by atoms with Crippen LogP contribution in [0.5, 0.6) is 0 Å². The highest BCUT2D eigenvalue weighted by atomic mass is 15.3. The second-order valence-corrected chi connectivity index (χ2v) is 4.28. The predicted octanol–water partition coefficient (Wildman–Crippen LogP) is 2.20. The maximum atomic E-state index is 4.51. The summed E-state index contributed by atoms with van der Waals surface area (Å²) >= 11 is 0. The number of nitrogens with zero attached hydrogens (tertiary/aromatic N) is 2. The highest BCUT2D eigenvalue weighted by molar-refractivity contribution is 5.22. The van der Waals surface area contributed by atoms with E-state index in [1.54, 1.807) is 0 Å². The molecule has 15 heavy (non-hydrogen) atoms. The van der Waals surface area contributed by atoms with Gasteiger partial charge in [0.25, 0.3) is 0 Å². The summed E-state index contributed by atoms with van der Waals surface area (Å²) in [5, 5.41) is 7.98. The summed E-state index contributed by atoms with van der Waals surface area (Å²) in [6, 6.07) is 0.600. The molecule has 0 fully saturated rings. The van der Waals surface area contributed by atoms with Crippen LogP contribution in [-0.4, -0.2) is 22.4 Å². The Morgan fingerprint density at radius 2 is 2.00 bits per heavy atom. The lowest BCUT2D eigenvalue weighted by Gasteiger charge is -2.11. The number of hydrogen-bond acceptors (Lipinski definition) is 2. The zero-order chi connectivity index (χ0) is 11.4. The van der Waals surface area contributed by atoms with Gasteiger partial charge >= 0.3 is 0 Å². The fraction of sp³-hybridized carbons (Fsp3) is 0.750. The first-order valence-electron chi connectivity index (χ1n) is 5.80. The summed E-state index contributed by atoms with van der Waals surface area (Å²) in [7, 11) is 0. The first-order chi connectivity index (χ1) is 7.06. The normalized spacial score (nSPS) is 13.1. The van der Waals surface area contributed by atoms with Gasteiger partial charge in [0.1, 0.15) is 0 Å². The van der Waals surface area contributed by atoms with Crippen molar-refractivity contribution < 1.29 is 0 Å². The molecule has 0 aromatic carbocycles. The Morgan fingerprint density at radius 1 is 1.33 bits per heavy atom. The fourth-order valence-corrected chi connectivity index (χ4v) is 1.57. The molecule has 1 atom stereocenters. The summed E-state index contributed by atoms with van der Waals surface area (Å²) in [6.45, 7) is 12.7. The molecule has 3 heteroatoms. The van der Waals surface area contributed by atoms with E-state index >= 15 is 0 Å². The van der Waals surface area contributed by atoms with Gasteiger partial charge in [-0.1, -0.05) is 6.92 Å². The Labute approximate surface area is 92.9 Å². The van der Waals surface area contributed by atoms with Crippen molar-refractivity contribution in [2.75, 3.05) is 6.54 Å². The van der Waals surface area contributed by atoms with Crippen LogP contribution < -0.4 is 5.32 Å². The third-order valence-electron chi connectivity index (χ3n) is 3.17. The van der Waals surface area contributed by atoms with Crippen LogP contribution in [0, 0.1) is 20.8 Å². The Bertz CT molecular complexity index is 315. The second-order valence-electron chi connectivity index (χ2n) is 4.28. The SMILES string of the molecule is CCC(C)NCCn1nc(C)c(C)c1C. The van der Waals surface area contributed by atoms with E-state index in [0.29, 0.717) is 6.04 Å². The molecule has 1 aromatic rings. The van der Waals surface area contributed by atoms with Gasteiger partial charge in [-0.05, 0) is 39.7 Å². The largest absolute Gasteiger partial charge is 0.312 e. The van der Waals surface area contributed by atoms with Gasteiger partial charge < -0.3 is 5.32 Å². The molecule has 86 valence electrons. The molecule has 1 heterocycles. The van der Waals surface area contributed by atoms with E-state index < -0.39 is 0 Å². The first-order valence-corrected chi connectivity index (χ1v) is 5.80. The lowest BCUT2D eigenvalue weighted by atomic mass is 10.2. The molecule has 1 rings (SSSR count). The van der Waals surface area contributed by atoms with Gasteiger partial charge in [0, 0.05) is 18.3 Å². The Hall–Kier alpha value is -0.830. The summed E-state index contributed by atoms with van der Waals surface area (Å²) < 4.78 is 2.10. The number of nitrogens with one attached hydrogen (secondary N) is 1. The number of rotatable bonds is 5. The summed E-state index contributed by atoms with van der Waals surface area (Å²) in [6.07, 6.45) is 1.18. The molecule has 0 aliphatic carbocycles. The topological polar surface area (TPSA) is 29.9 Å². The van der Waals surface area contributed by atoms with Gasteiger partial charge in [-0.3, -0.25) is 4.68 Å². The van der Waals surface area contributed by atoms with Gasteiger partial charge in [0.2, 0.25) is 0 Å². The van der Waals surface area contributed by atoms with Crippen LogP contribution in [0.15, 0.2) is 0 Å². The molecule has 0 aliphatic heterocycles. The van der Waals surface area contributed by atoms with Crippen LogP contribution in [0.3, 0.4) is 0 Å². The molecule has 0 bridgehead atoms. The van der Waals surface area contributed by atoms with Crippen molar-refractivity contribution in [3.05, 3.63) is 17.0 Å². The molecule has 0 saturated heterocycles. The average Bonchev–Trinajstić information content (AvgIpc) is 2.46. The van der Waals surface area contributed by atoms with Crippen molar-refractivity contribution in [3.63, 3.8) is 0 Å². The minimum absolute atomic E-state index is 0.600. The smallest absolute Gasteiger partial charge is 0.0625 e. The number of hydrogen-bond donors (Lipinski definition) is 1. The minimum Gasteiger partial charge on any atom is -0.312 e. The molecule has 1 unspecified atom stereocenters. The molecular formula is C12H23N3. The number of aryl methyl sites for hydroxylation is 1. The van der Waals surface area contributed by atoms with Crippen LogP contribution in [0.4, 0.5) is 0 Å². The van der Waals surface area contributed by atoms with E-state index in [2.05, 4.69) is 49.7 Å². The fourth-order valence-electron chi connectivity index (χ4n) is 1.57. The molecule has 0 aliphatic rings. The van der Waals surface area contributed by atoms with Crippen molar-refractivity contribution in [2.24, 2.45) is 0 Å². The van der Waals surface area contributed by atoms with Gasteiger partial charge in [-0.25, -0.2) is 0 Å². The maximum Gasteiger partial charge on any atom is 0.0625 e. The zero-order valence-corrected chi connectivity index (χ0v) is 10.6. The molecule has 1 N–H and O–H groups in total. The highest BCUT2D eigenvalue weighted by Crippen LogP contribution is 2.10. The van der Waals surface area contributed by atoms with E-state index in [-0.39, 0.29) is 0 Å². The molecule has 3 nitrogen and oxygen atoms in total. The Kier molecular flexibility index (Phi) is 4.33. The van der Waals surface area contributed by atoms with Gasteiger partial charge in [0.05, 0.1) is 12.2 Å². The molecular weight excluding hydrogens is 186 g/mol. The van der Waals surface area contributed by atoms with Crippen molar-refractivity contribution in [2.45, 2.75) is 53.6 Å². The van der Waals surface area contributed by atoms with E-state index in [1.807, 2.05) is 0 Å². The van der Waals surface area contributed by atoms with E-state index in [1.165, 1.54) is 17.7 Å². The van der Waals surface area contributed by atoms with E-state index in [0.717, 1.165) is 18.8 Å². The first kappa shape index (κ1) is 12.2. The lowest BCUT2D eigenvalue weighted by molar-refractivity contribution is 0.481.